The minimum absolute atomic E-state index is 0.130. The molecule has 1 aliphatic rings. The van der Waals surface area contributed by atoms with Crippen molar-refractivity contribution in [1.82, 2.24) is 19.7 Å². The lowest BCUT2D eigenvalue weighted by Gasteiger charge is -2.31. The van der Waals surface area contributed by atoms with Crippen molar-refractivity contribution in [2.24, 2.45) is 5.92 Å². The molecule has 1 aromatic heterocycles. The summed E-state index contributed by atoms with van der Waals surface area (Å²) in [5.41, 5.74) is 2.32. The van der Waals surface area contributed by atoms with E-state index in [0.29, 0.717) is 25.4 Å². The van der Waals surface area contributed by atoms with Gasteiger partial charge in [0, 0.05) is 13.1 Å². The predicted octanol–water partition coefficient (Wildman–Crippen LogP) is 1.52. The van der Waals surface area contributed by atoms with E-state index in [9.17, 15) is 4.79 Å². The van der Waals surface area contributed by atoms with Gasteiger partial charge < -0.3 is 14.4 Å². The molecule has 0 spiro atoms. The maximum atomic E-state index is 12.7. The van der Waals surface area contributed by atoms with Crippen LogP contribution in [0, 0.1) is 5.92 Å². The Morgan fingerprint density at radius 3 is 2.58 bits per heavy atom. The molecule has 7 heteroatoms. The molecule has 1 aliphatic heterocycles. The average molecular weight is 330 g/mol. The smallest absolute Gasteiger partial charge is 0.227 e. The Bertz CT molecular complexity index is 715. The molecule has 0 N–H and O–H groups in total. The Balaban J connectivity index is 1.73. The third kappa shape index (κ3) is 3.20. The first-order chi connectivity index (χ1) is 11.6. The van der Waals surface area contributed by atoms with Gasteiger partial charge in [0.05, 0.1) is 26.7 Å². The number of carbonyl (C=O) groups is 1. The van der Waals surface area contributed by atoms with Gasteiger partial charge in [0.25, 0.3) is 0 Å². The van der Waals surface area contributed by atoms with Crippen molar-refractivity contribution in [3.63, 3.8) is 0 Å². The van der Waals surface area contributed by atoms with Gasteiger partial charge >= 0.3 is 0 Å². The molecule has 2 aromatic rings. The van der Waals surface area contributed by atoms with Crippen LogP contribution < -0.4 is 9.47 Å². The fraction of sp³-hybridized carbons (Fsp3) is 0.471. The second-order valence-corrected chi connectivity index (χ2v) is 6.00. The summed E-state index contributed by atoms with van der Waals surface area (Å²) in [5, 5.41) is 4.07. The third-order valence-electron chi connectivity index (χ3n) is 4.38. The number of carbonyl (C=O) groups excluding carboxylic acids is 1. The van der Waals surface area contributed by atoms with Crippen LogP contribution in [0.15, 0.2) is 24.8 Å². The quantitative estimate of drug-likeness (QED) is 0.831. The van der Waals surface area contributed by atoms with E-state index in [1.807, 2.05) is 24.0 Å². The van der Waals surface area contributed by atoms with E-state index in [0.717, 1.165) is 17.7 Å². The van der Waals surface area contributed by atoms with Crippen LogP contribution in [-0.2, 0) is 24.3 Å². The molecule has 1 amide bonds. The Labute approximate surface area is 141 Å². The summed E-state index contributed by atoms with van der Waals surface area (Å²) in [6.07, 6.45) is 3.93. The summed E-state index contributed by atoms with van der Waals surface area (Å²) in [5.74, 6) is 1.41. The minimum Gasteiger partial charge on any atom is -0.493 e. The average Bonchev–Trinajstić information content (AvgIpc) is 3.12. The standard InChI is InChI=1S/C17H22N4O3/c1-12(8-21-11-18-10-19-21)17(22)20-5-4-13-6-15(23-2)16(24-3)7-14(13)9-20/h6-7,10-12H,4-5,8-9H2,1-3H3/t12-/m0/s1. The molecule has 0 saturated heterocycles. The number of amides is 1. The first-order valence-electron chi connectivity index (χ1n) is 7.97. The normalized spacial score (nSPS) is 14.9. The van der Waals surface area contributed by atoms with Crippen LogP contribution in [0.3, 0.4) is 0 Å². The van der Waals surface area contributed by atoms with E-state index in [1.54, 1.807) is 25.2 Å². The fourth-order valence-electron chi connectivity index (χ4n) is 3.07. The highest BCUT2D eigenvalue weighted by molar-refractivity contribution is 5.78. The van der Waals surface area contributed by atoms with Crippen LogP contribution in [0.5, 0.6) is 11.5 Å². The molecule has 0 unspecified atom stereocenters. The zero-order valence-corrected chi connectivity index (χ0v) is 14.2. The summed E-state index contributed by atoms with van der Waals surface area (Å²) in [7, 11) is 3.25. The summed E-state index contributed by atoms with van der Waals surface area (Å²) < 4.78 is 12.4. The number of rotatable bonds is 5. The molecule has 7 nitrogen and oxygen atoms in total. The first kappa shape index (κ1) is 16.3. The molecule has 0 saturated carbocycles. The van der Waals surface area contributed by atoms with Gasteiger partial charge in [-0.2, -0.15) is 5.10 Å². The van der Waals surface area contributed by atoms with Crippen molar-refractivity contribution < 1.29 is 14.3 Å². The Kier molecular flexibility index (Phi) is 4.69. The topological polar surface area (TPSA) is 69.5 Å². The summed E-state index contributed by atoms with van der Waals surface area (Å²) >= 11 is 0. The summed E-state index contributed by atoms with van der Waals surface area (Å²) in [4.78, 5) is 18.5. The number of nitrogens with zero attached hydrogens (tertiary/aromatic N) is 4. The van der Waals surface area contributed by atoms with Crippen LogP contribution >= 0.6 is 0 Å². The third-order valence-corrected chi connectivity index (χ3v) is 4.38. The zero-order valence-electron chi connectivity index (χ0n) is 14.2. The van der Waals surface area contributed by atoms with Crippen LogP contribution in [-0.4, -0.2) is 46.3 Å². The van der Waals surface area contributed by atoms with Gasteiger partial charge in [-0.15, -0.1) is 0 Å². The number of benzene rings is 1. The maximum absolute atomic E-state index is 12.7. The lowest BCUT2D eigenvalue weighted by molar-refractivity contribution is -0.136. The number of aromatic nitrogens is 3. The van der Waals surface area contributed by atoms with Gasteiger partial charge in [-0.25, -0.2) is 4.98 Å². The van der Waals surface area contributed by atoms with Crippen molar-refractivity contribution in [2.45, 2.75) is 26.4 Å². The van der Waals surface area contributed by atoms with Crippen LogP contribution in [0.2, 0.25) is 0 Å². The lowest BCUT2D eigenvalue weighted by atomic mass is 9.97. The largest absolute Gasteiger partial charge is 0.493 e. The maximum Gasteiger partial charge on any atom is 0.227 e. The second kappa shape index (κ2) is 6.90. The highest BCUT2D eigenvalue weighted by atomic mass is 16.5. The van der Waals surface area contributed by atoms with Gasteiger partial charge in [-0.3, -0.25) is 9.48 Å². The monoisotopic (exact) mass is 330 g/mol. The van der Waals surface area contributed by atoms with E-state index < -0.39 is 0 Å². The second-order valence-electron chi connectivity index (χ2n) is 6.00. The van der Waals surface area contributed by atoms with Crippen LogP contribution in [0.4, 0.5) is 0 Å². The molecule has 128 valence electrons. The van der Waals surface area contributed by atoms with E-state index >= 15 is 0 Å². The molecular weight excluding hydrogens is 308 g/mol. The van der Waals surface area contributed by atoms with Gasteiger partial charge in [-0.1, -0.05) is 6.92 Å². The Hall–Kier alpha value is -2.57. The number of fused-ring (bicyclic) bond motifs is 1. The molecule has 0 fully saturated rings. The number of hydrogen-bond acceptors (Lipinski definition) is 5. The van der Waals surface area contributed by atoms with Crippen LogP contribution in [0.1, 0.15) is 18.1 Å². The number of ether oxygens (including phenoxy) is 2. The van der Waals surface area contributed by atoms with E-state index in [4.69, 9.17) is 9.47 Å². The molecule has 1 atom stereocenters. The predicted molar refractivity (Wildman–Crippen MR) is 87.9 cm³/mol. The van der Waals surface area contributed by atoms with Crippen LogP contribution in [0.25, 0.3) is 0 Å². The van der Waals surface area contributed by atoms with E-state index in [2.05, 4.69) is 10.1 Å². The highest BCUT2D eigenvalue weighted by Gasteiger charge is 2.26. The fourth-order valence-corrected chi connectivity index (χ4v) is 3.07. The first-order valence-corrected chi connectivity index (χ1v) is 7.97. The van der Waals surface area contributed by atoms with Gasteiger partial charge in [0.1, 0.15) is 12.7 Å². The molecule has 1 aromatic carbocycles. The highest BCUT2D eigenvalue weighted by Crippen LogP contribution is 2.33. The van der Waals surface area contributed by atoms with Gasteiger partial charge in [0.15, 0.2) is 11.5 Å². The molecule has 3 rings (SSSR count). The van der Waals surface area contributed by atoms with Crippen molar-refractivity contribution in [2.75, 3.05) is 20.8 Å². The summed E-state index contributed by atoms with van der Waals surface area (Å²) in [6.45, 7) is 3.77. The van der Waals surface area contributed by atoms with Gasteiger partial charge in [0.2, 0.25) is 5.91 Å². The van der Waals surface area contributed by atoms with E-state index in [-0.39, 0.29) is 11.8 Å². The molecule has 0 aliphatic carbocycles. The van der Waals surface area contributed by atoms with Crippen molar-refractivity contribution in [1.29, 1.82) is 0 Å². The van der Waals surface area contributed by atoms with Crippen molar-refractivity contribution in [3.8, 4) is 11.5 Å². The summed E-state index contributed by atoms with van der Waals surface area (Å²) in [6, 6.07) is 3.98. The van der Waals surface area contributed by atoms with Crippen molar-refractivity contribution in [3.05, 3.63) is 35.9 Å². The number of methoxy groups -OCH3 is 2. The Morgan fingerprint density at radius 1 is 1.25 bits per heavy atom. The number of hydrogen-bond donors (Lipinski definition) is 0. The van der Waals surface area contributed by atoms with Gasteiger partial charge in [-0.05, 0) is 29.7 Å². The van der Waals surface area contributed by atoms with Crippen molar-refractivity contribution >= 4 is 5.91 Å². The Morgan fingerprint density at radius 2 is 1.96 bits per heavy atom. The van der Waals surface area contributed by atoms with E-state index in [1.165, 1.54) is 11.9 Å². The SMILES string of the molecule is COc1cc2c(cc1OC)CN(C(=O)[C@@H](C)Cn1cncn1)CC2. The lowest BCUT2D eigenvalue weighted by Crippen LogP contribution is -2.40. The minimum atomic E-state index is -0.145. The molecule has 24 heavy (non-hydrogen) atoms. The molecule has 0 bridgehead atoms. The molecule has 0 radical (unpaired) electrons. The zero-order chi connectivity index (χ0) is 17.1. The molecule has 2 heterocycles. The molecular formula is C17H22N4O3.